The number of rotatable bonds is 3. The Balaban J connectivity index is 2.14. The fourth-order valence-corrected chi connectivity index (χ4v) is 3.69. The molecule has 5 nitrogen and oxygen atoms in total. The van der Waals surface area contributed by atoms with Gasteiger partial charge in [-0.3, -0.25) is 9.36 Å². The van der Waals surface area contributed by atoms with E-state index in [1.54, 1.807) is 13.0 Å². The van der Waals surface area contributed by atoms with Crippen LogP contribution in [0.4, 0.5) is 4.39 Å². The molecule has 0 atom stereocenters. The van der Waals surface area contributed by atoms with Gasteiger partial charge in [0.2, 0.25) is 0 Å². The van der Waals surface area contributed by atoms with Crippen molar-refractivity contribution in [2.45, 2.75) is 13.5 Å². The molecule has 0 saturated heterocycles. The summed E-state index contributed by atoms with van der Waals surface area (Å²) < 4.78 is 19.9. The van der Waals surface area contributed by atoms with E-state index in [0.29, 0.717) is 20.7 Å². The number of aromatic nitrogens is 2. The SMILES string of the molecule is COC(=O)c1sc2ncn(Cc3c(F)cccc3Cl)c(=O)c2c1C. The molecule has 0 aliphatic carbocycles. The van der Waals surface area contributed by atoms with Gasteiger partial charge in [-0.2, -0.15) is 0 Å². The molecule has 0 bridgehead atoms. The van der Waals surface area contributed by atoms with Gasteiger partial charge in [0, 0.05) is 10.6 Å². The van der Waals surface area contributed by atoms with Crippen LogP contribution in [0.2, 0.25) is 5.02 Å². The molecule has 1 aromatic carbocycles. The number of carbonyl (C=O) groups excluding carboxylic acids is 1. The van der Waals surface area contributed by atoms with E-state index in [2.05, 4.69) is 4.98 Å². The molecule has 3 aromatic rings. The molecule has 8 heteroatoms. The number of nitrogens with zero attached hydrogens (tertiary/aromatic N) is 2. The van der Waals surface area contributed by atoms with Gasteiger partial charge in [-0.25, -0.2) is 14.2 Å². The standard InChI is InChI=1S/C16H12ClFN2O3S/c1-8-12-14(24-13(8)16(22)23-2)19-7-20(15(12)21)6-9-10(17)4-3-5-11(9)18/h3-5,7H,6H2,1-2H3. The lowest BCUT2D eigenvalue weighted by Crippen LogP contribution is -2.21. The van der Waals surface area contributed by atoms with Crippen LogP contribution in [0.5, 0.6) is 0 Å². The van der Waals surface area contributed by atoms with Gasteiger partial charge in [-0.1, -0.05) is 17.7 Å². The fourth-order valence-electron chi connectivity index (χ4n) is 2.41. The first-order valence-corrected chi connectivity index (χ1v) is 8.13. The fraction of sp³-hybridized carbons (Fsp3) is 0.188. The Hall–Kier alpha value is -2.25. The highest BCUT2D eigenvalue weighted by molar-refractivity contribution is 7.20. The van der Waals surface area contributed by atoms with Crippen molar-refractivity contribution in [3.8, 4) is 0 Å². The number of ether oxygens (including phenoxy) is 1. The summed E-state index contributed by atoms with van der Waals surface area (Å²) in [5.74, 6) is -1.01. The number of benzene rings is 1. The van der Waals surface area contributed by atoms with Crippen molar-refractivity contribution < 1.29 is 13.9 Å². The van der Waals surface area contributed by atoms with Crippen molar-refractivity contribution in [1.29, 1.82) is 0 Å². The molecular weight excluding hydrogens is 355 g/mol. The first-order chi connectivity index (χ1) is 11.4. The quantitative estimate of drug-likeness (QED) is 0.666. The van der Waals surface area contributed by atoms with Crippen LogP contribution in [-0.4, -0.2) is 22.6 Å². The Morgan fingerprint density at radius 3 is 2.88 bits per heavy atom. The Bertz CT molecular complexity index is 992. The number of fused-ring (bicyclic) bond motifs is 1. The second kappa shape index (κ2) is 6.33. The van der Waals surface area contributed by atoms with Crippen LogP contribution < -0.4 is 5.56 Å². The van der Waals surface area contributed by atoms with Gasteiger partial charge in [-0.15, -0.1) is 11.3 Å². The molecule has 0 N–H and O–H groups in total. The molecule has 2 aromatic heterocycles. The molecule has 2 heterocycles. The third-order valence-electron chi connectivity index (χ3n) is 3.68. The third-order valence-corrected chi connectivity index (χ3v) is 5.21. The predicted molar refractivity (Wildman–Crippen MR) is 90.5 cm³/mol. The van der Waals surface area contributed by atoms with Crippen molar-refractivity contribution in [2.75, 3.05) is 7.11 Å². The van der Waals surface area contributed by atoms with Crippen molar-refractivity contribution in [3.05, 3.63) is 61.7 Å². The summed E-state index contributed by atoms with van der Waals surface area (Å²) in [6.07, 6.45) is 1.32. The second-order valence-electron chi connectivity index (χ2n) is 5.11. The number of thiophene rings is 1. The summed E-state index contributed by atoms with van der Waals surface area (Å²) in [5, 5.41) is 0.564. The van der Waals surface area contributed by atoms with Crippen LogP contribution in [-0.2, 0) is 11.3 Å². The summed E-state index contributed by atoms with van der Waals surface area (Å²) in [6.45, 7) is 1.62. The van der Waals surface area contributed by atoms with E-state index >= 15 is 0 Å². The number of esters is 1. The Morgan fingerprint density at radius 2 is 2.21 bits per heavy atom. The zero-order chi connectivity index (χ0) is 17.4. The van der Waals surface area contributed by atoms with Crippen LogP contribution in [0.15, 0.2) is 29.3 Å². The van der Waals surface area contributed by atoms with Gasteiger partial charge in [0.1, 0.15) is 15.5 Å². The molecule has 0 unspecified atom stereocenters. The second-order valence-corrected chi connectivity index (χ2v) is 6.51. The minimum Gasteiger partial charge on any atom is -0.465 e. The summed E-state index contributed by atoms with van der Waals surface area (Å²) in [7, 11) is 1.28. The highest BCUT2D eigenvalue weighted by atomic mass is 35.5. The highest BCUT2D eigenvalue weighted by Crippen LogP contribution is 2.27. The summed E-state index contributed by atoms with van der Waals surface area (Å²) in [4.78, 5) is 29.5. The van der Waals surface area contributed by atoms with E-state index in [1.807, 2.05) is 0 Å². The summed E-state index contributed by atoms with van der Waals surface area (Å²) in [5.41, 5.74) is 0.361. The molecule has 0 amide bonds. The lowest BCUT2D eigenvalue weighted by atomic mass is 10.2. The average molecular weight is 367 g/mol. The number of carbonyl (C=O) groups is 1. The molecule has 0 radical (unpaired) electrons. The Morgan fingerprint density at radius 1 is 1.46 bits per heavy atom. The zero-order valence-electron chi connectivity index (χ0n) is 12.8. The summed E-state index contributed by atoms with van der Waals surface area (Å²) in [6, 6.07) is 4.34. The van der Waals surface area contributed by atoms with Gasteiger partial charge in [-0.05, 0) is 24.6 Å². The van der Waals surface area contributed by atoms with E-state index < -0.39 is 11.8 Å². The van der Waals surface area contributed by atoms with Gasteiger partial charge in [0.15, 0.2) is 0 Å². The minimum absolute atomic E-state index is 0.0455. The predicted octanol–water partition coefficient (Wildman–Crippen LogP) is 3.39. The van der Waals surface area contributed by atoms with Gasteiger partial charge < -0.3 is 4.74 Å². The number of halogens is 2. The number of hydrogen-bond acceptors (Lipinski definition) is 5. The normalized spacial score (nSPS) is 11.0. The first kappa shape index (κ1) is 16.6. The Labute approximate surface area is 145 Å². The van der Waals surface area contributed by atoms with Crippen LogP contribution in [0.25, 0.3) is 10.2 Å². The van der Waals surface area contributed by atoms with Crippen molar-refractivity contribution >= 4 is 39.1 Å². The first-order valence-electron chi connectivity index (χ1n) is 6.93. The van der Waals surface area contributed by atoms with E-state index in [-0.39, 0.29) is 22.7 Å². The molecule has 0 aliphatic rings. The monoisotopic (exact) mass is 366 g/mol. The van der Waals surface area contributed by atoms with Crippen molar-refractivity contribution in [3.63, 3.8) is 0 Å². The average Bonchev–Trinajstić information content (AvgIpc) is 2.90. The van der Waals surface area contributed by atoms with E-state index in [0.717, 1.165) is 11.3 Å². The molecular formula is C16H12ClFN2O3S. The maximum Gasteiger partial charge on any atom is 0.348 e. The molecule has 24 heavy (non-hydrogen) atoms. The number of methoxy groups -OCH3 is 1. The van der Waals surface area contributed by atoms with Crippen LogP contribution in [0.1, 0.15) is 20.8 Å². The van der Waals surface area contributed by atoms with Gasteiger partial charge in [0.25, 0.3) is 5.56 Å². The zero-order valence-corrected chi connectivity index (χ0v) is 14.4. The smallest absolute Gasteiger partial charge is 0.348 e. The lowest BCUT2D eigenvalue weighted by Gasteiger charge is -2.08. The molecule has 124 valence electrons. The van der Waals surface area contributed by atoms with Crippen LogP contribution in [0, 0.1) is 12.7 Å². The molecule has 3 rings (SSSR count). The van der Waals surface area contributed by atoms with E-state index in [4.69, 9.17) is 16.3 Å². The highest BCUT2D eigenvalue weighted by Gasteiger charge is 2.20. The lowest BCUT2D eigenvalue weighted by molar-refractivity contribution is 0.0605. The van der Waals surface area contributed by atoms with Crippen molar-refractivity contribution in [1.82, 2.24) is 9.55 Å². The maximum atomic E-state index is 13.9. The van der Waals surface area contributed by atoms with Crippen molar-refractivity contribution in [2.24, 2.45) is 0 Å². The molecule has 0 fully saturated rings. The largest absolute Gasteiger partial charge is 0.465 e. The molecule has 0 spiro atoms. The Kier molecular flexibility index (Phi) is 4.38. The van der Waals surface area contributed by atoms with E-state index in [1.165, 1.54) is 30.1 Å². The number of hydrogen-bond donors (Lipinski definition) is 0. The number of aryl methyl sites for hydroxylation is 1. The summed E-state index contributed by atoms with van der Waals surface area (Å²) >= 11 is 7.10. The van der Waals surface area contributed by atoms with Crippen LogP contribution in [0.3, 0.4) is 0 Å². The van der Waals surface area contributed by atoms with Crippen LogP contribution >= 0.6 is 22.9 Å². The van der Waals surface area contributed by atoms with Gasteiger partial charge >= 0.3 is 5.97 Å². The maximum absolute atomic E-state index is 13.9. The topological polar surface area (TPSA) is 61.2 Å². The van der Waals surface area contributed by atoms with Gasteiger partial charge in [0.05, 0.1) is 25.4 Å². The minimum atomic E-state index is -0.515. The molecule has 0 saturated carbocycles. The van der Waals surface area contributed by atoms with E-state index in [9.17, 15) is 14.0 Å². The third kappa shape index (κ3) is 2.70. The molecule has 0 aliphatic heterocycles.